The Morgan fingerprint density at radius 1 is 1.00 bits per heavy atom. The molecule has 1 heterocycles. The van der Waals surface area contributed by atoms with E-state index in [1.165, 1.54) is 0 Å². The van der Waals surface area contributed by atoms with Crippen molar-refractivity contribution in [3.63, 3.8) is 0 Å². The zero-order valence-electron chi connectivity index (χ0n) is 11.4. The number of halogens is 1. The molecule has 0 amide bonds. The molecule has 1 aromatic heterocycles. The summed E-state index contributed by atoms with van der Waals surface area (Å²) in [6, 6.07) is 17.0. The number of Topliss-reactive ketones (excluding diaryl/α,β-unsaturated/α-hetero) is 1. The summed E-state index contributed by atoms with van der Waals surface area (Å²) in [7, 11) is 0. The predicted octanol–water partition coefficient (Wildman–Crippen LogP) is 4.60. The third kappa shape index (κ3) is 2.60. The van der Waals surface area contributed by atoms with Gasteiger partial charge in [-0.15, -0.1) is 0 Å². The van der Waals surface area contributed by atoms with E-state index in [-0.39, 0.29) is 5.78 Å². The van der Waals surface area contributed by atoms with Crippen molar-refractivity contribution in [3.8, 4) is 22.5 Å². The highest BCUT2D eigenvalue weighted by Crippen LogP contribution is 2.31. The molecular formula is C17H13ClN2O. The lowest BCUT2D eigenvalue weighted by molar-refractivity contribution is 0.101. The van der Waals surface area contributed by atoms with E-state index in [1.54, 1.807) is 19.1 Å². The van der Waals surface area contributed by atoms with E-state index in [0.717, 1.165) is 16.8 Å². The Bertz CT molecular complexity index is 776. The minimum atomic E-state index is -0.0208. The first-order valence-electron chi connectivity index (χ1n) is 6.57. The summed E-state index contributed by atoms with van der Waals surface area (Å²) in [5.41, 5.74) is 3.80. The SMILES string of the molecule is CC(=O)c1c(-c2ccccc2)n[nH]c1-c1ccc(Cl)cc1. The molecule has 0 saturated carbocycles. The summed E-state index contributed by atoms with van der Waals surface area (Å²) in [5, 5.41) is 7.96. The van der Waals surface area contributed by atoms with Crippen molar-refractivity contribution in [2.24, 2.45) is 0 Å². The second-order valence-corrected chi connectivity index (χ2v) is 5.19. The van der Waals surface area contributed by atoms with Crippen LogP contribution in [0.1, 0.15) is 17.3 Å². The third-order valence-electron chi connectivity index (χ3n) is 3.30. The summed E-state index contributed by atoms with van der Waals surface area (Å²) in [6.07, 6.45) is 0. The minimum Gasteiger partial charge on any atom is -0.294 e. The van der Waals surface area contributed by atoms with Crippen molar-refractivity contribution in [3.05, 3.63) is 65.2 Å². The van der Waals surface area contributed by atoms with Crippen LogP contribution in [0.15, 0.2) is 54.6 Å². The van der Waals surface area contributed by atoms with Gasteiger partial charge in [0.1, 0.15) is 5.69 Å². The minimum absolute atomic E-state index is 0.0208. The molecule has 0 saturated heterocycles. The average Bonchev–Trinajstić information content (AvgIpc) is 2.94. The maximum Gasteiger partial charge on any atom is 0.164 e. The van der Waals surface area contributed by atoms with Crippen LogP contribution in [0.2, 0.25) is 5.02 Å². The molecule has 0 radical (unpaired) electrons. The molecule has 0 fully saturated rings. The quantitative estimate of drug-likeness (QED) is 0.718. The Kier molecular flexibility index (Phi) is 3.59. The van der Waals surface area contributed by atoms with Crippen molar-refractivity contribution in [2.45, 2.75) is 6.92 Å². The second kappa shape index (κ2) is 5.54. The number of aromatic nitrogens is 2. The molecular weight excluding hydrogens is 284 g/mol. The number of H-pyrrole nitrogens is 1. The number of hydrogen-bond donors (Lipinski definition) is 1. The Balaban J connectivity index is 2.17. The number of aromatic amines is 1. The van der Waals surface area contributed by atoms with Crippen LogP contribution in [0.25, 0.3) is 22.5 Å². The number of ketones is 1. The molecule has 3 nitrogen and oxygen atoms in total. The number of rotatable bonds is 3. The Labute approximate surface area is 127 Å². The molecule has 104 valence electrons. The summed E-state index contributed by atoms with van der Waals surface area (Å²) in [6.45, 7) is 1.55. The van der Waals surface area contributed by atoms with E-state index in [1.807, 2.05) is 42.5 Å². The van der Waals surface area contributed by atoms with Crippen LogP contribution in [0, 0.1) is 0 Å². The van der Waals surface area contributed by atoms with Gasteiger partial charge in [-0.05, 0) is 19.1 Å². The highest BCUT2D eigenvalue weighted by molar-refractivity contribution is 6.30. The fourth-order valence-corrected chi connectivity index (χ4v) is 2.44. The summed E-state index contributed by atoms with van der Waals surface area (Å²) >= 11 is 5.91. The molecule has 0 bridgehead atoms. The number of nitrogens with zero attached hydrogens (tertiary/aromatic N) is 1. The van der Waals surface area contributed by atoms with Gasteiger partial charge in [-0.25, -0.2) is 0 Å². The number of nitrogens with one attached hydrogen (secondary N) is 1. The van der Waals surface area contributed by atoms with Gasteiger partial charge in [-0.3, -0.25) is 9.89 Å². The first-order chi connectivity index (χ1) is 10.2. The maximum absolute atomic E-state index is 12.1. The predicted molar refractivity (Wildman–Crippen MR) is 84.5 cm³/mol. The molecule has 0 aliphatic rings. The molecule has 4 heteroatoms. The van der Waals surface area contributed by atoms with E-state index >= 15 is 0 Å². The number of carbonyl (C=O) groups excluding carboxylic acids is 1. The van der Waals surface area contributed by atoms with Gasteiger partial charge in [0.15, 0.2) is 5.78 Å². The van der Waals surface area contributed by atoms with Gasteiger partial charge in [0, 0.05) is 16.1 Å². The van der Waals surface area contributed by atoms with Crippen LogP contribution in [-0.4, -0.2) is 16.0 Å². The summed E-state index contributed by atoms with van der Waals surface area (Å²) < 4.78 is 0. The van der Waals surface area contributed by atoms with Crippen LogP contribution in [0.3, 0.4) is 0 Å². The van der Waals surface area contributed by atoms with Crippen LogP contribution in [0.5, 0.6) is 0 Å². The number of hydrogen-bond acceptors (Lipinski definition) is 2. The van der Waals surface area contributed by atoms with Crippen molar-refractivity contribution in [1.82, 2.24) is 10.2 Å². The Morgan fingerprint density at radius 3 is 2.29 bits per heavy atom. The molecule has 21 heavy (non-hydrogen) atoms. The maximum atomic E-state index is 12.1. The highest BCUT2D eigenvalue weighted by Gasteiger charge is 2.19. The van der Waals surface area contributed by atoms with Crippen molar-refractivity contribution >= 4 is 17.4 Å². The van der Waals surface area contributed by atoms with E-state index in [2.05, 4.69) is 10.2 Å². The molecule has 3 rings (SSSR count). The van der Waals surface area contributed by atoms with Crippen LogP contribution in [-0.2, 0) is 0 Å². The molecule has 2 aromatic carbocycles. The smallest absolute Gasteiger partial charge is 0.164 e. The van der Waals surface area contributed by atoms with Gasteiger partial charge in [0.25, 0.3) is 0 Å². The van der Waals surface area contributed by atoms with Gasteiger partial charge in [-0.1, -0.05) is 54.1 Å². The molecule has 0 unspecified atom stereocenters. The van der Waals surface area contributed by atoms with Crippen molar-refractivity contribution in [1.29, 1.82) is 0 Å². The third-order valence-corrected chi connectivity index (χ3v) is 3.55. The van der Waals surface area contributed by atoms with Crippen molar-refractivity contribution in [2.75, 3.05) is 0 Å². The second-order valence-electron chi connectivity index (χ2n) is 4.75. The Morgan fingerprint density at radius 2 is 1.67 bits per heavy atom. The van der Waals surface area contributed by atoms with E-state index in [0.29, 0.717) is 16.3 Å². The van der Waals surface area contributed by atoms with Gasteiger partial charge < -0.3 is 0 Å². The standard InChI is InChI=1S/C17H13ClN2O/c1-11(21)15-16(12-5-3-2-4-6-12)19-20-17(15)13-7-9-14(18)10-8-13/h2-10H,1H3,(H,19,20). The molecule has 1 N–H and O–H groups in total. The van der Waals surface area contributed by atoms with Gasteiger partial charge >= 0.3 is 0 Å². The van der Waals surface area contributed by atoms with Crippen molar-refractivity contribution < 1.29 is 4.79 Å². The first-order valence-corrected chi connectivity index (χ1v) is 6.95. The summed E-state index contributed by atoms with van der Waals surface area (Å²) in [4.78, 5) is 12.1. The fraction of sp³-hybridized carbons (Fsp3) is 0.0588. The summed E-state index contributed by atoms with van der Waals surface area (Å²) in [5.74, 6) is -0.0208. The van der Waals surface area contributed by atoms with Crippen LogP contribution in [0.4, 0.5) is 0 Å². The number of carbonyl (C=O) groups is 1. The molecule has 0 aliphatic carbocycles. The van der Waals surface area contributed by atoms with Gasteiger partial charge in [-0.2, -0.15) is 5.10 Å². The van der Waals surface area contributed by atoms with Gasteiger partial charge in [0.05, 0.1) is 11.3 Å². The highest BCUT2D eigenvalue weighted by atomic mass is 35.5. The van der Waals surface area contributed by atoms with E-state index < -0.39 is 0 Å². The Hall–Kier alpha value is -2.39. The number of benzene rings is 2. The lowest BCUT2D eigenvalue weighted by atomic mass is 9.99. The topological polar surface area (TPSA) is 45.8 Å². The molecule has 0 atom stereocenters. The van der Waals surface area contributed by atoms with Crippen LogP contribution >= 0.6 is 11.6 Å². The monoisotopic (exact) mass is 296 g/mol. The zero-order valence-corrected chi connectivity index (χ0v) is 12.2. The molecule has 3 aromatic rings. The normalized spacial score (nSPS) is 10.6. The average molecular weight is 297 g/mol. The van der Waals surface area contributed by atoms with E-state index in [4.69, 9.17) is 11.6 Å². The van der Waals surface area contributed by atoms with Gasteiger partial charge in [0.2, 0.25) is 0 Å². The van der Waals surface area contributed by atoms with Crippen LogP contribution < -0.4 is 0 Å². The fourth-order valence-electron chi connectivity index (χ4n) is 2.32. The van der Waals surface area contributed by atoms with E-state index in [9.17, 15) is 4.79 Å². The largest absolute Gasteiger partial charge is 0.294 e. The lowest BCUT2D eigenvalue weighted by Crippen LogP contribution is -1.96. The lowest BCUT2D eigenvalue weighted by Gasteiger charge is -2.03. The first kappa shape index (κ1) is 13.6. The molecule has 0 spiro atoms. The molecule has 0 aliphatic heterocycles. The zero-order chi connectivity index (χ0) is 14.8.